The summed E-state index contributed by atoms with van der Waals surface area (Å²) in [4.78, 5) is 10.5. The van der Waals surface area contributed by atoms with Gasteiger partial charge in [-0.1, -0.05) is 0 Å². The Morgan fingerprint density at radius 1 is 1.50 bits per heavy atom. The van der Waals surface area contributed by atoms with Crippen LogP contribution in [0.1, 0.15) is 13.8 Å². The van der Waals surface area contributed by atoms with E-state index >= 15 is 0 Å². The number of hydrogen-bond acceptors (Lipinski definition) is 5. The lowest BCUT2D eigenvalue weighted by Gasteiger charge is -2.23. The van der Waals surface area contributed by atoms with Crippen molar-refractivity contribution in [2.45, 2.75) is 20.0 Å². The minimum Gasteiger partial charge on any atom is -0.370 e. The second-order valence-corrected chi connectivity index (χ2v) is 3.59. The summed E-state index contributed by atoms with van der Waals surface area (Å²) in [5.74, 6) is 1.49. The van der Waals surface area contributed by atoms with Crippen LogP contribution >= 0.6 is 0 Å². The van der Waals surface area contributed by atoms with E-state index in [0.29, 0.717) is 11.9 Å². The van der Waals surface area contributed by atoms with Gasteiger partial charge in [0.05, 0.1) is 13.3 Å². The molecule has 0 aliphatic carbocycles. The van der Waals surface area contributed by atoms with Crippen molar-refractivity contribution in [1.82, 2.24) is 10.2 Å². The first kappa shape index (κ1) is 10.7. The molecule has 1 rings (SSSR count). The number of hydrogen-bond donors (Lipinski definition) is 2. The minimum absolute atomic E-state index is 0.0985. The molecular formula is C9H18N5+. The molecule has 5 nitrogen and oxygen atoms in total. The van der Waals surface area contributed by atoms with Gasteiger partial charge in [0.15, 0.2) is 12.1 Å². The van der Waals surface area contributed by atoms with Gasteiger partial charge in [0, 0.05) is 14.1 Å². The summed E-state index contributed by atoms with van der Waals surface area (Å²) in [6.07, 6.45) is 1.97. The smallest absolute Gasteiger partial charge is 0.202 e. The number of nitrogens with two attached hydrogens (primary N) is 1. The molecule has 0 spiro atoms. The Morgan fingerprint density at radius 3 is 2.64 bits per heavy atom. The Balaban J connectivity index is 2.79. The van der Waals surface area contributed by atoms with E-state index in [-0.39, 0.29) is 6.17 Å². The Labute approximate surface area is 85.1 Å². The average molecular weight is 196 g/mol. The Hall–Kier alpha value is -1.39. The van der Waals surface area contributed by atoms with Crippen LogP contribution in [0, 0.1) is 12.3 Å². The normalized spacial score (nSPS) is 23.0. The molecule has 3 N–H and O–H groups in total. The zero-order valence-corrected chi connectivity index (χ0v) is 9.15. The lowest BCUT2D eigenvalue weighted by molar-refractivity contribution is 0.499. The van der Waals surface area contributed by atoms with Crippen molar-refractivity contribution in [2.75, 3.05) is 14.1 Å². The van der Waals surface area contributed by atoms with Crippen LogP contribution in [0.3, 0.4) is 0 Å². The first-order valence-corrected chi connectivity index (χ1v) is 4.69. The average Bonchev–Trinajstić information content (AvgIpc) is 2.15. The molecule has 0 radical (unpaired) electrons. The number of aliphatic imine (C=N–C) groups is 2. The molecule has 0 aromatic carbocycles. The maximum Gasteiger partial charge on any atom is 0.202 e. The molecule has 5 heteroatoms. The third-order valence-corrected chi connectivity index (χ3v) is 2.19. The SMILES string of the molecule is C[CH+]C(C)C1N=C(N)NC(N(C)C)=N1. The quantitative estimate of drug-likeness (QED) is 0.611. The number of guanidine groups is 2. The lowest BCUT2D eigenvalue weighted by Crippen LogP contribution is -2.48. The molecule has 1 aliphatic rings. The fourth-order valence-electron chi connectivity index (χ4n) is 1.11. The van der Waals surface area contributed by atoms with Crippen molar-refractivity contribution in [3.8, 4) is 0 Å². The molecule has 0 amide bonds. The van der Waals surface area contributed by atoms with E-state index in [4.69, 9.17) is 5.73 Å². The summed E-state index contributed by atoms with van der Waals surface area (Å²) < 4.78 is 0. The van der Waals surface area contributed by atoms with E-state index in [2.05, 4.69) is 28.6 Å². The second kappa shape index (κ2) is 4.21. The molecule has 14 heavy (non-hydrogen) atoms. The highest BCUT2D eigenvalue weighted by Gasteiger charge is 2.25. The zero-order chi connectivity index (χ0) is 10.7. The van der Waals surface area contributed by atoms with Gasteiger partial charge in [-0.05, 0) is 6.92 Å². The van der Waals surface area contributed by atoms with Crippen LogP contribution in [-0.2, 0) is 0 Å². The molecule has 2 unspecified atom stereocenters. The highest BCUT2D eigenvalue weighted by Crippen LogP contribution is 2.13. The molecule has 0 saturated carbocycles. The van der Waals surface area contributed by atoms with Crippen LogP contribution in [0.2, 0.25) is 0 Å². The fourth-order valence-corrected chi connectivity index (χ4v) is 1.11. The number of nitrogens with one attached hydrogen (secondary N) is 1. The second-order valence-electron chi connectivity index (χ2n) is 3.59. The zero-order valence-electron chi connectivity index (χ0n) is 9.15. The minimum atomic E-state index is -0.0985. The standard InChI is InChI=1S/C9H18N5/c1-5-6(2)7-11-8(10)13-9(12-7)14(3)4/h5-7H,1-4H3,(H3,10,11,12,13)/q+1. The van der Waals surface area contributed by atoms with Gasteiger partial charge in [-0.25, -0.2) is 9.98 Å². The van der Waals surface area contributed by atoms with E-state index in [1.807, 2.05) is 25.9 Å². The van der Waals surface area contributed by atoms with Crippen molar-refractivity contribution in [3.05, 3.63) is 6.42 Å². The van der Waals surface area contributed by atoms with Crippen molar-refractivity contribution >= 4 is 11.9 Å². The molecule has 2 atom stereocenters. The summed E-state index contributed by atoms with van der Waals surface area (Å²) in [6, 6.07) is 0. The maximum absolute atomic E-state index is 5.66. The molecule has 0 bridgehead atoms. The topological polar surface area (TPSA) is 66.0 Å². The lowest BCUT2D eigenvalue weighted by atomic mass is 10.1. The monoisotopic (exact) mass is 196 g/mol. The third kappa shape index (κ3) is 2.31. The molecule has 0 aromatic rings. The van der Waals surface area contributed by atoms with Crippen LogP contribution < -0.4 is 11.1 Å². The van der Waals surface area contributed by atoms with Crippen molar-refractivity contribution < 1.29 is 0 Å². The van der Waals surface area contributed by atoms with Crippen LogP contribution in [-0.4, -0.2) is 37.1 Å². The molecule has 0 saturated heterocycles. The Morgan fingerprint density at radius 2 is 2.14 bits per heavy atom. The van der Waals surface area contributed by atoms with Crippen molar-refractivity contribution in [3.63, 3.8) is 0 Å². The van der Waals surface area contributed by atoms with Crippen LogP contribution in [0.25, 0.3) is 0 Å². The van der Waals surface area contributed by atoms with Crippen LogP contribution in [0.15, 0.2) is 9.98 Å². The summed E-state index contributed by atoms with van der Waals surface area (Å²) in [5.41, 5.74) is 5.66. The number of rotatable bonds is 2. The van der Waals surface area contributed by atoms with Gasteiger partial charge >= 0.3 is 0 Å². The summed E-state index contributed by atoms with van der Waals surface area (Å²) >= 11 is 0. The first-order chi connectivity index (χ1) is 6.54. The molecule has 0 fully saturated rings. The molecular weight excluding hydrogens is 178 g/mol. The van der Waals surface area contributed by atoms with Gasteiger partial charge in [0.25, 0.3) is 0 Å². The predicted molar refractivity (Wildman–Crippen MR) is 58.8 cm³/mol. The van der Waals surface area contributed by atoms with Gasteiger partial charge in [-0.2, -0.15) is 0 Å². The van der Waals surface area contributed by atoms with Gasteiger partial charge in [0.1, 0.15) is 5.92 Å². The highest BCUT2D eigenvalue weighted by molar-refractivity contribution is 5.99. The maximum atomic E-state index is 5.66. The molecule has 1 aliphatic heterocycles. The molecule has 0 aromatic heterocycles. The molecule has 1 heterocycles. The summed E-state index contributed by atoms with van der Waals surface area (Å²) in [7, 11) is 3.84. The Bertz CT molecular complexity index is 256. The highest BCUT2D eigenvalue weighted by atomic mass is 15.4. The van der Waals surface area contributed by atoms with Crippen molar-refractivity contribution in [1.29, 1.82) is 0 Å². The van der Waals surface area contributed by atoms with Crippen molar-refractivity contribution in [2.24, 2.45) is 21.6 Å². The van der Waals surface area contributed by atoms with E-state index in [9.17, 15) is 0 Å². The van der Waals surface area contributed by atoms with E-state index in [1.54, 1.807) is 0 Å². The van der Waals surface area contributed by atoms with Crippen LogP contribution in [0.4, 0.5) is 0 Å². The summed E-state index contributed by atoms with van der Waals surface area (Å²) in [5, 5.41) is 2.91. The number of nitrogens with zero attached hydrogens (tertiary/aromatic N) is 3. The van der Waals surface area contributed by atoms with Gasteiger partial charge in [-0.3, -0.25) is 5.32 Å². The van der Waals surface area contributed by atoms with Gasteiger partial charge in [0.2, 0.25) is 5.96 Å². The van der Waals surface area contributed by atoms with Gasteiger partial charge in [-0.15, -0.1) is 0 Å². The largest absolute Gasteiger partial charge is 0.370 e. The first-order valence-electron chi connectivity index (χ1n) is 4.69. The van der Waals surface area contributed by atoms with Gasteiger partial charge < -0.3 is 10.6 Å². The van der Waals surface area contributed by atoms with E-state index < -0.39 is 0 Å². The fraction of sp³-hybridized carbons (Fsp3) is 0.667. The molecule has 78 valence electrons. The summed E-state index contributed by atoms with van der Waals surface area (Å²) in [6.45, 7) is 4.08. The third-order valence-electron chi connectivity index (χ3n) is 2.19. The Kier molecular flexibility index (Phi) is 3.22. The van der Waals surface area contributed by atoms with Crippen LogP contribution in [0.5, 0.6) is 0 Å². The van der Waals surface area contributed by atoms with E-state index in [0.717, 1.165) is 5.96 Å². The predicted octanol–water partition coefficient (Wildman–Crippen LogP) is 0.00829. The van der Waals surface area contributed by atoms with E-state index in [1.165, 1.54) is 0 Å².